The molecule has 206 valence electrons. The molecule has 0 unspecified atom stereocenters. The molecule has 40 heavy (non-hydrogen) atoms. The Morgan fingerprint density at radius 1 is 0.775 bits per heavy atom. The fraction of sp³-hybridized carbons (Fsp3) is 0.167. The summed E-state index contributed by atoms with van der Waals surface area (Å²) in [5, 5.41) is 0.627. The van der Waals surface area contributed by atoms with E-state index in [1.165, 1.54) is 24.3 Å². The molecule has 10 heteroatoms. The van der Waals surface area contributed by atoms with Crippen LogP contribution in [0.3, 0.4) is 0 Å². The normalized spacial score (nSPS) is 12.2. The van der Waals surface area contributed by atoms with Gasteiger partial charge in [0.25, 0.3) is 0 Å². The monoisotopic (exact) mass is 558 g/mol. The van der Waals surface area contributed by atoms with Gasteiger partial charge in [-0.3, -0.25) is 4.79 Å². The largest absolute Gasteiger partial charge is 0.497 e. The highest BCUT2D eigenvalue weighted by Crippen LogP contribution is 2.43. The first-order chi connectivity index (χ1) is 18.8. The van der Waals surface area contributed by atoms with Crippen molar-refractivity contribution in [2.24, 2.45) is 0 Å². The van der Waals surface area contributed by atoms with E-state index < -0.39 is 35.6 Å². The summed E-state index contributed by atoms with van der Waals surface area (Å²) in [5.74, 6) is 0.997. The van der Waals surface area contributed by atoms with Crippen LogP contribution in [0.25, 0.3) is 33.4 Å². The van der Waals surface area contributed by atoms with Crippen LogP contribution in [-0.4, -0.2) is 7.11 Å². The molecule has 3 aromatic rings. The van der Waals surface area contributed by atoms with Crippen molar-refractivity contribution in [1.29, 1.82) is 0 Å². The summed E-state index contributed by atoms with van der Waals surface area (Å²) in [6, 6.07) is 15.7. The van der Waals surface area contributed by atoms with Crippen molar-refractivity contribution in [2.75, 3.05) is 7.11 Å². The lowest BCUT2D eigenvalue weighted by Crippen LogP contribution is -2.14. The molecule has 1 aliphatic heterocycles. The van der Waals surface area contributed by atoms with Crippen molar-refractivity contribution in [1.82, 2.24) is 0 Å². The van der Waals surface area contributed by atoms with Crippen molar-refractivity contribution >= 4 is 11.0 Å². The van der Waals surface area contributed by atoms with E-state index in [2.05, 4.69) is 0 Å². The summed E-state index contributed by atoms with van der Waals surface area (Å²) >= 11 is 0. The highest BCUT2D eigenvalue weighted by Gasteiger charge is 2.37. The zero-order chi connectivity index (χ0) is 28.8. The van der Waals surface area contributed by atoms with Crippen molar-refractivity contribution in [3.8, 4) is 33.9 Å². The Balaban J connectivity index is 1.60. The summed E-state index contributed by atoms with van der Waals surface area (Å²) in [5.41, 5.74) is -0.00668. The molecule has 0 N–H and O–H groups in total. The number of fused-ring (bicyclic) bond motifs is 2. The molecule has 5 rings (SSSR count). The van der Waals surface area contributed by atoms with E-state index >= 15 is 0 Å². The van der Waals surface area contributed by atoms with Crippen LogP contribution in [0.2, 0.25) is 0 Å². The van der Waals surface area contributed by atoms with E-state index in [1.807, 2.05) is 19.1 Å². The summed E-state index contributed by atoms with van der Waals surface area (Å²) < 4.78 is 96.8. The van der Waals surface area contributed by atoms with Gasteiger partial charge in [-0.05, 0) is 72.6 Å². The highest BCUT2D eigenvalue weighted by atomic mass is 19.4. The number of methoxy groups -OCH3 is 1. The van der Waals surface area contributed by atoms with Crippen molar-refractivity contribution in [3.63, 3.8) is 0 Å². The number of hydrogen-bond acceptors (Lipinski definition) is 4. The van der Waals surface area contributed by atoms with Crippen LogP contribution < -0.4 is 14.9 Å². The van der Waals surface area contributed by atoms with Crippen molar-refractivity contribution in [3.05, 3.63) is 105 Å². The molecule has 0 spiro atoms. The SMILES string of the molecule is COc1ccc(-c2c3ccc(=O)cc-3oc3cc(OCc4cc(C(F)(F)F)ccc4C(F)(F)F)ccc23)c(C)c1. The number of alkyl halides is 6. The maximum Gasteiger partial charge on any atom is 0.416 e. The second kappa shape index (κ2) is 9.93. The van der Waals surface area contributed by atoms with Gasteiger partial charge in [0.05, 0.1) is 18.2 Å². The van der Waals surface area contributed by atoms with Crippen molar-refractivity contribution < 1.29 is 40.2 Å². The van der Waals surface area contributed by atoms with E-state index in [0.717, 1.165) is 16.7 Å². The van der Waals surface area contributed by atoms with Gasteiger partial charge in [-0.15, -0.1) is 0 Å². The molecule has 1 aliphatic carbocycles. The van der Waals surface area contributed by atoms with E-state index in [-0.39, 0.29) is 22.5 Å². The fourth-order valence-electron chi connectivity index (χ4n) is 4.60. The molecule has 0 saturated carbocycles. The molecule has 2 aliphatic rings. The molecule has 3 aromatic carbocycles. The van der Waals surface area contributed by atoms with Gasteiger partial charge in [0, 0.05) is 34.2 Å². The number of rotatable bonds is 5. The Bertz CT molecular complexity index is 1750. The van der Waals surface area contributed by atoms with Gasteiger partial charge >= 0.3 is 12.4 Å². The minimum Gasteiger partial charge on any atom is -0.497 e. The fourth-order valence-corrected chi connectivity index (χ4v) is 4.60. The average molecular weight is 558 g/mol. The van der Waals surface area contributed by atoms with Gasteiger partial charge in [0.1, 0.15) is 29.4 Å². The molecule has 1 heterocycles. The number of halogens is 6. The molecule has 0 aromatic heterocycles. The first kappa shape index (κ1) is 27.1. The molecule has 0 bridgehead atoms. The van der Waals surface area contributed by atoms with Crippen LogP contribution in [0.1, 0.15) is 22.3 Å². The van der Waals surface area contributed by atoms with Crippen LogP contribution in [0, 0.1) is 6.92 Å². The molecule has 0 radical (unpaired) electrons. The third-order valence-corrected chi connectivity index (χ3v) is 6.50. The van der Waals surface area contributed by atoms with Crippen LogP contribution in [0.4, 0.5) is 26.3 Å². The molecular formula is C30H20F6O4. The maximum absolute atomic E-state index is 13.5. The second-order valence-electron chi connectivity index (χ2n) is 9.13. The zero-order valence-electron chi connectivity index (χ0n) is 21.0. The standard InChI is InChI=1S/C30H20F6O4/c1-16-11-20(38-2)5-8-22(16)28-23-7-4-19(37)13-26(23)40-27-14-21(6-9-24(27)28)39-15-17-12-18(29(31,32)33)3-10-25(17)30(34,35)36/h3-14H,15H2,1-2H3. The van der Waals surface area contributed by atoms with E-state index in [4.69, 9.17) is 13.9 Å². The lowest BCUT2D eigenvalue weighted by Gasteiger charge is -2.18. The van der Waals surface area contributed by atoms with Gasteiger partial charge < -0.3 is 13.9 Å². The lowest BCUT2D eigenvalue weighted by atomic mass is 9.91. The quantitative estimate of drug-likeness (QED) is 0.160. The third kappa shape index (κ3) is 5.21. The van der Waals surface area contributed by atoms with Gasteiger partial charge in [0.2, 0.25) is 0 Å². The molecule has 4 nitrogen and oxygen atoms in total. The summed E-state index contributed by atoms with van der Waals surface area (Å²) in [4.78, 5) is 12.1. The Hall–Kier alpha value is -4.47. The number of aryl methyl sites for hydroxylation is 1. The predicted octanol–water partition coefficient (Wildman–Crippen LogP) is 8.50. The smallest absolute Gasteiger partial charge is 0.416 e. The van der Waals surface area contributed by atoms with Crippen molar-refractivity contribution in [2.45, 2.75) is 25.9 Å². The summed E-state index contributed by atoms with van der Waals surface area (Å²) in [7, 11) is 1.55. The summed E-state index contributed by atoms with van der Waals surface area (Å²) in [6.07, 6.45) is -9.69. The van der Waals surface area contributed by atoms with Gasteiger partial charge in [-0.2, -0.15) is 26.3 Å². The van der Waals surface area contributed by atoms with Crippen LogP contribution in [0.15, 0.2) is 82.0 Å². The minimum atomic E-state index is -4.87. The highest BCUT2D eigenvalue weighted by molar-refractivity contribution is 6.02. The van der Waals surface area contributed by atoms with E-state index in [0.29, 0.717) is 34.9 Å². The second-order valence-corrected chi connectivity index (χ2v) is 9.13. The molecule has 0 amide bonds. The first-order valence-corrected chi connectivity index (χ1v) is 11.9. The number of benzene rings is 4. The number of hydrogen-bond donors (Lipinski definition) is 0. The van der Waals surface area contributed by atoms with Gasteiger partial charge in [0.15, 0.2) is 5.43 Å². The lowest BCUT2D eigenvalue weighted by molar-refractivity contribution is -0.142. The van der Waals surface area contributed by atoms with Crippen LogP contribution in [0.5, 0.6) is 11.5 Å². The Morgan fingerprint density at radius 2 is 1.50 bits per heavy atom. The Kier molecular flexibility index (Phi) is 6.73. The topological polar surface area (TPSA) is 48.7 Å². The van der Waals surface area contributed by atoms with Gasteiger partial charge in [-0.25, -0.2) is 0 Å². The average Bonchev–Trinajstić information content (AvgIpc) is 2.89. The molecule has 0 fully saturated rings. The molecule has 0 saturated heterocycles. The van der Waals surface area contributed by atoms with Crippen LogP contribution >= 0.6 is 0 Å². The Labute approximate surface area is 223 Å². The van der Waals surface area contributed by atoms with E-state index in [1.54, 1.807) is 25.3 Å². The minimum absolute atomic E-state index is 0.0665. The summed E-state index contributed by atoms with van der Waals surface area (Å²) in [6.45, 7) is 1.12. The van der Waals surface area contributed by atoms with E-state index in [9.17, 15) is 31.1 Å². The van der Waals surface area contributed by atoms with Gasteiger partial charge in [-0.1, -0.05) is 6.07 Å². The Morgan fingerprint density at radius 3 is 2.17 bits per heavy atom. The number of ether oxygens (including phenoxy) is 2. The first-order valence-electron chi connectivity index (χ1n) is 11.9. The zero-order valence-corrected chi connectivity index (χ0v) is 21.0. The van der Waals surface area contributed by atoms with Crippen LogP contribution in [-0.2, 0) is 19.0 Å². The predicted molar refractivity (Wildman–Crippen MR) is 137 cm³/mol. The molecular weight excluding hydrogens is 538 g/mol. The maximum atomic E-state index is 13.5. The third-order valence-electron chi connectivity index (χ3n) is 6.50. The molecule has 0 atom stereocenters.